The molecule has 1 unspecified atom stereocenters. The van der Waals surface area contributed by atoms with Gasteiger partial charge in [-0.25, -0.2) is 12.7 Å². The zero-order valence-corrected chi connectivity index (χ0v) is 19.5. The summed E-state index contributed by atoms with van der Waals surface area (Å²) in [6.07, 6.45) is 5.36. The van der Waals surface area contributed by atoms with Gasteiger partial charge in [0.25, 0.3) is 5.91 Å². The molecular formula is C23H33N3O4S. The van der Waals surface area contributed by atoms with Gasteiger partial charge in [-0.1, -0.05) is 32.4 Å². The number of hydrogen-bond acceptors (Lipinski definition) is 5. The number of carbonyl (C=O) groups excluding carboxylic acids is 2. The van der Waals surface area contributed by atoms with Crippen LogP contribution in [0, 0.1) is 11.8 Å². The van der Waals surface area contributed by atoms with Gasteiger partial charge < -0.3 is 4.90 Å². The number of sulfonamides is 1. The highest BCUT2D eigenvalue weighted by Gasteiger charge is 2.58. The van der Waals surface area contributed by atoms with Gasteiger partial charge in [0.2, 0.25) is 15.9 Å². The van der Waals surface area contributed by atoms with Crippen molar-refractivity contribution >= 4 is 21.8 Å². The van der Waals surface area contributed by atoms with E-state index in [0.29, 0.717) is 18.5 Å². The van der Waals surface area contributed by atoms with E-state index >= 15 is 0 Å². The van der Waals surface area contributed by atoms with Crippen molar-refractivity contribution in [3.63, 3.8) is 0 Å². The number of amides is 2. The van der Waals surface area contributed by atoms with Crippen LogP contribution in [0.1, 0.15) is 55.5 Å². The molecule has 3 atom stereocenters. The number of rotatable bonds is 5. The average Bonchev–Trinajstić information content (AvgIpc) is 3.24. The molecule has 4 rings (SSSR count). The number of nitrogens with zero attached hydrogens (tertiary/aromatic N) is 3. The molecule has 2 amide bonds. The van der Waals surface area contributed by atoms with Crippen molar-refractivity contribution in [1.29, 1.82) is 0 Å². The van der Waals surface area contributed by atoms with Crippen molar-refractivity contribution in [1.82, 2.24) is 14.1 Å². The largest absolute Gasteiger partial charge is 0.333 e. The van der Waals surface area contributed by atoms with Crippen LogP contribution in [0.2, 0.25) is 0 Å². The van der Waals surface area contributed by atoms with Gasteiger partial charge >= 0.3 is 0 Å². The number of carbonyl (C=O) groups is 2. The fourth-order valence-corrected chi connectivity index (χ4v) is 6.74. The summed E-state index contributed by atoms with van der Waals surface area (Å²) in [6.45, 7) is 7.45. The van der Waals surface area contributed by atoms with E-state index in [1.54, 1.807) is 4.90 Å². The Morgan fingerprint density at radius 1 is 1.06 bits per heavy atom. The Bertz CT molecular complexity index is 938. The van der Waals surface area contributed by atoms with Crippen LogP contribution in [0.5, 0.6) is 0 Å². The van der Waals surface area contributed by atoms with Crippen LogP contribution < -0.4 is 0 Å². The second kappa shape index (κ2) is 8.54. The topological polar surface area (TPSA) is 78.0 Å². The van der Waals surface area contributed by atoms with Crippen LogP contribution in [-0.4, -0.2) is 72.3 Å². The van der Waals surface area contributed by atoms with Gasteiger partial charge in [0.15, 0.2) is 0 Å². The van der Waals surface area contributed by atoms with Crippen molar-refractivity contribution in [3.05, 3.63) is 35.4 Å². The molecule has 0 radical (unpaired) electrons. The first-order chi connectivity index (χ1) is 14.7. The average molecular weight is 448 g/mol. The highest BCUT2D eigenvalue weighted by molar-refractivity contribution is 7.88. The van der Waals surface area contributed by atoms with E-state index < -0.39 is 28.0 Å². The standard InChI is InChI=1S/C23H33N3O4S/c1-16(2)20-21-19(26(23(20)28)31(3,29)30)11-14-25(21)22(27)18-9-7-17(8-10-18)15-24-12-5-4-6-13-24/h7-10,16,19-21H,4-6,11-15H2,1-3H3/t19-,20+,21?/m0/s1. The van der Waals surface area contributed by atoms with Gasteiger partial charge in [0.1, 0.15) is 0 Å². The molecule has 3 fully saturated rings. The molecule has 3 heterocycles. The van der Waals surface area contributed by atoms with E-state index in [0.717, 1.165) is 30.2 Å². The molecule has 0 aliphatic carbocycles. The van der Waals surface area contributed by atoms with Crippen LogP contribution in [0.25, 0.3) is 0 Å². The van der Waals surface area contributed by atoms with E-state index in [1.165, 1.54) is 24.8 Å². The predicted octanol–water partition coefficient (Wildman–Crippen LogP) is 2.33. The van der Waals surface area contributed by atoms with Crippen LogP contribution >= 0.6 is 0 Å². The number of hydrogen-bond donors (Lipinski definition) is 0. The minimum Gasteiger partial charge on any atom is -0.333 e. The molecule has 0 aromatic heterocycles. The molecule has 1 aromatic carbocycles. The summed E-state index contributed by atoms with van der Waals surface area (Å²) < 4.78 is 25.6. The fourth-order valence-electron chi connectivity index (χ4n) is 5.56. The Kier molecular flexibility index (Phi) is 6.14. The molecule has 0 bridgehead atoms. The smallest absolute Gasteiger partial charge is 0.254 e. The summed E-state index contributed by atoms with van der Waals surface area (Å²) in [4.78, 5) is 30.5. The van der Waals surface area contributed by atoms with Gasteiger partial charge in [-0.15, -0.1) is 0 Å². The third-order valence-corrected chi connectivity index (χ3v) is 8.15. The van der Waals surface area contributed by atoms with E-state index in [1.807, 2.05) is 38.1 Å². The Labute approximate surface area is 185 Å². The van der Waals surface area contributed by atoms with Crippen LogP contribution in [0.3, 0.4) is 0 Å². The van der Waals surface area contributed by atoms with Gasteiger partial charge in [-0.2, -0.15) is 0 Å². The lowest BCUT2D eigenvalue weighted by atomic mass is 9.88. The normalized spacial score (nSPS) is 27.2. The van der Waals surface area contributed by atoms with Crippen molar-refractivity contribution in [3.8, 4) is 0 Å². The lowest BCUT2D eigenvalue weighted by molar-refractivity contribution is -0.129. The molecule has 3 saturated heterocycles. The molecule has 3 aliphatic heterocycles. The molecule has 0 saturated carbocycles. The molecule has 8 heteroatoms. The summed E-state index contributed by atoms with van der Waals surface area (Å²) in [7, 11) is -3.66. The van der Waals surface area contributed by atoms with Gasteiger partial charge in [-0.05, 0) is 56.0 Å². The zero-order chi connectivity index (χ0) is 22.3. The van der Waals surface area contributed by atoms with Gasteiger partial charge in [0, 0.05) is 18.7 Å². The van der Waals surface area contributed by atoms with Crippen molar-refractivity contribution in [2.75, 3.05) is 25.9 Å². The minimum atomic E-state index is -3.66. The lowest BCUT2D eigenvalue weighted by Gasteiger charge is -2.29. The monoisotopic (exact) mass is 447 g/mol. The maximum atomic E-state index is 13.4. The second-order valence-corrected chi connectivity index (χ2v) is 11.4. The van der Waals surface area contributed by atoms with E-state index in [2.05, 4.69) is 4.90 Å². The number of likely N-dealkylation sites (tertiary alicyclic amines) is 2. The number of benzene rings is 1. The quantitative estimate of drug-likeness (QED) is 0.692. The summed E-state index contributed by atoms with van der Waals surface area (Å²) in [5.74, 6) is -1.04. The van der Waals surface area contributed by atoms with Crippen LogP contribution in [0.4, 0.5) is 0 Å². The molecular weight excluding hydrogens is 414 g/mol. The molecule has 3 aliphatic rings. The predicted molar refractivity (Wildman–Crippen MR) is 119 cm³/mol. The second-order valence-electron chi connectivity index (χ2n) is 9.55. The lowest BCUT2D eigenvalue weighted by Crippen LogP contribution is -2.44. The molecule has 170 valence electrons. The molecule has 31 heavy (non-hydrogen) atoms. The van der Waals surface area contributed by atoms with Crippen LogP contribution in [0.15, 0.2) is 24.3 Å². The van der Waals surface area contributed by atoms with Crippen molar-refractivity contribution < 1.29 is 18.0 Å². The third kappa shape index (κ3) is 4.24. The van der Waals surface area contributed by atoms with Crippen LogP contribution in [-0.2, 0) is 21.4 Å². The highest BCUT2D eigenvalue weighted by Crippen LogP contribution is 2.41. The third-order valence-electron chi connectivity index (χ3n) is 6.98. The molecule has 1 aromatic rings. The zero-order valence-electron chi connectivity index (χ0n) is 18.7. The first-order valence-corrected chi connectivity index (χ1v) is 13.2. The highest BCUT2D eigenvalue weighted by atomic mass is 32.2. The number of fused-ring (bicyclic) bond motifs is 1. The Hall–Kier alpha value is -1.93. The van der Waals surface area contributed by atoms with Gasteiger partial charge in [-0.3, -0.25) is 14.5 Å². The van der Waals surface area contributed by atoms with E-state index in [9.17, 15) is 18.0 Å². The fraction of sp³-hybridized carbons (Fsp3) is 0.652. The Balaban J connectivity index is 1.53. The first kappa shape index (κ1) is 22.3. The maximum absolute atomic E-state index is 13.4. The van der Waals surface area contributed by atoms with Gasteiger partial charge in [0.05, 0.1) is 24.3 Å². The first-order valence-electron chi connectivity index (χ1n) is 11.3. The molecule has 0 N–H and O–H groups in total. The summed E-state index contributed by atoms with van der Waals surface area (Å²) in [6, 6.07) is 6.89. The Morgan fingerprint density at radius 3 is 2.29 bits per heavy atom. The van der Waals surface area contributed by atoms with E-state index in [-0.39, 0.29) is 17.7 Å². The SMILES string of the molecule is CC(C)[C@H]1C(=O)N(S(C)(=O)=O)[C@H]2CCN(C(=O)c3ccc(CN4CCCCC4)cc3)C12. The summed E-state index contributed by atoms with van der Waals surface area (Å²) in [5, 5.41) is 0. The van der Waals surface area contributed by atoms with E-state index in [4.69, 9.17) is 0 Å². The number of piperidine rings is 1. The molecule has 0 spiro atoms. The molecule has 7 nitrogen and oxygen atoms in total. The summed E-state index contributed by atoms with van der Waals surface area (Å²) in [5.41, 5.74) is 1.79. The van der Waals surface area contributed by atoms with Crippen molar-refractivity contribution in [2.45, 2.75) is 58.2 Å². The minimum absolute atomic E-state index is 0.0490. The summed E-state index contributed by atoms with van der Waals surface area (Å²) >= 11 is 0. The maximum Gasteiger partial charge on any atom is 0.254 e. The van der Waals surface area contributed by atoms with Crippen molar-refractivity contribution in [2.24, 2.45) is 11.8 Å². The Morgan fingerprint density at radius 2 is 1.71 bits per heavy atom.